The minimum absolute atomic E-state index is 0.178. The molecule has 0 fully saturated rings. The van der Waals surface area contributed by atoms with Gasteiger partial charge >= 0.3 is 0 Å². The number of ether oxygens (including phenoxy) is 1. The van der Waals surface area contributed by atoms with Crippen LogP contribution in [0.15, 0.2) is 54.6 Å². The zero-order valence-electron chi connectivity index (χ0n) is 17.7. The lowest BCUT2D eigenvalue weighted by atomic mass is 10.1. The summed E-state index contributed by atoms with van der Waals surface area (Å²) >= 11 is 0. The summed E-state index contributed by atoms with van der Waals surface area (Å²) in [6.07, 6.45) is 4.08. The summed E-state index contributed by atoms with van der Waals surface area (Å²) in [4.78, 5) is 14.1. The first-order valence-electron chi connectivity index (χ1n) is 10.7. The summed E-state index contributed by atoms with van der Waals surface area (Å²) < 4.78 is 5.84. The van der Waals surface area contributed by atoms with Crippen LogP contribution < -0.4 is 15.0 Å². The van der Waals surface area contributed by atoms with Crippen molar-refractivity contribution < 1.29 is 19.5 Å². The molecule has 29 heavy (non-hydrogen) atoms. The Balaban J connectivity index is 1.93. The Morgan fingerprint density at radius 2 is 1.62 bits per heavy atom. The van der Waals surface area contributed by atoms with Crippen molar-refractivity contribution in [2.75, 3.05) is 31.6 Å². The molecule has 0 spiro atoms. The number of aliphatic hydroxyl groups excluding tert-OH is 1. The quantitative estimate of drug-likeness (QED) is 0.485. The SMILES string of the molecule is CCCC[NH+](CCCC)C[C@@H](O)COc1ccccc1C(=O)Nc1ccccc1. The van der Waals surface area contributed by atoms with E-state index < -0.39 is 6.10 Å². The number of amides is 1. The zero-order valence-corrected chi connectivity index (χ0v) is 17.7. The predicted octanol–water partition coefficient (Wildman–Crippen LogP) is 3.16. The van der Waals surface area contributed by atoms with Crippen molar-refractivity contribution in [2.24, 2.45) is 0 Å². The Kier molecular flexibility index (Phi) is 10.2. The second-order valence-electron chi connectivity index (χ2n) is 7.44. The second kappa shape index (κ2) is 13.0. The third-order valence-electron chi connectivity index (χ3n) is 4.89. The van der Waals surface area contributed by atoms with Gasteiger partial charge in [0, 0.05) is 5.69 Å². The number of quaternary nitrogens is 1. The predicted molar refractivity (Wildman–Crippen MR) is 118 cm³/mol. The highest BCUT2D eigenvalue weighted by Gasteiger charge is 2.17. The molecule has 1 atom stereocenters. The van der Waals surface area contributed by atoms with Crippen molar-refractivity contribution in [2.45, 2.75) is 45.6 Å². The molecule has 5 heteroatoms. The largest absolute Gasteiger partial charge is 0.490 e. The molecule has 0 radical (unpaired) electrons. The van der Waals surface area contributed by atoms with Gasteiger partial charge in [-0.2, -0.15) is 0 Å². The van der Waals surface area contributed by atoms with E-state index in [2.05, 4.69) is 19.2 Å². The van der Waals surface area contributed by atoms with Gasteiger partial charge in [-0.25, -0.2) is 0 Å². The first-order chi connectivity index (χ1) is 14.1. The van der Waals surface area contributed by atoms with Crippen LogP contribution in [0.25, 0.3) is 0 Å². The van der Waals surface area contributed by atoms with Crippen LogP contribution in [-0.2, 0) is 0 Å². The van der Waals surface area contributed by atoms with Crippen molar-refractivity contribution >= 4 is 11.6 Å². The highest BCUT2D eigenvalue weighted by Crippen LogP contribution is 2.20. The number of rotatable bonds is 13. The van der Waals surface area contributed by atoms with Crippen LogP contribution in [0.5, 0.6) is 5.75 Å². The average Bonchev–Trinajstić information content (AvgIpc) is 2.75. The van der Waals surface area contributed by atoms with Crippen molar-refractivity contribution in [1.29, 1.82) is 0 Å². The average molecular weight is 400 g/mol. The molecule has 0 bridgehead atoms. The van der Waals surface area contributed by atoms with Gasteiger partial charge in [0.05, 0.1) is 18.7 Å². The van der Waals surface area contributed by atoms with Crippen LogP contribution in [0.4, 0.5) is 5.69 Å². The monoisotopic (exact) mass is 399 g/mol. The maximum atomic E-state index is 12.6. The molecule has 0 aliphatic heterocycles. The maximum absolute atomic E-state index is 12.6. The normalized spacial score (nSPS) is 12.0. The molecule has 0 heterocycles. The summed E-state index contributed by atoms with van der Waals surface area (Å²) in [5.41, 5.74) is 1.20. The molecule has 158 valence electrons. The molecule has 0 aliphatic rings. The number of hydrogen-bond donors (Lipinski definition) is 3. The summed E-state index contributed by atoms with van der Waals surface area (Å²) in [6, 6.07) is 16.5. The Hall–Kier alpha value is -2.37. The molecule has 2 aromatic carbocycles. The number of benzene rings is 2. The molecule has 0 unspecified atom stereocenters. The fourth-order valence-corrected chi connectivity index (χ4v) is 3.26. The smallest absolute Gasteiger partial charge is 0.259 e. The summed E-state index contributed by atoms with van der Waals surface area (Å²) in [5.74, 6) is 0.267. The maximum Gasteiger partial charge on any atom is 0.259 e. The molecule has 1 amide bonds. The van der Waals surface area contributed by atoms with Crippen LogP contribution in [-0.4, -0.2) is 43.4 Å². The van der Waals surface area contributed by atoms with Gasteiger partial charge in [-0.05, 0) is 37.1 Å². The van der Waals surface area contributed by atoms with Gasteiger partial charge < -0.3 is 20.1 Å². The van der Waals surface area contributed by atoms with Gasteiger partial charge in [-0.15, -0.1) is 0 Å². The highest BCUT2D eigenvalue weighted by atomic mass is 16.5. The van der Waals surface area contributed by atoms with E-state index >= 15 is 0 Å². The molecular formula is C24H35N2O3+. The number of para-hydroxylation sites is 2. The lowest BCUT2D eigenvalue weighted by Crippen LogP contribution is -3.13. The fourth-order valence-electron chi connectivity index (χ4n) is 3.26. The summed E-state index contributed by atoms with van der Waals surface area (Å²) in [6.45, 7) is 7.37. The first kappa shape index (κ1) is 22.9. The van der Waals surface area contributed by atoms with Crippen molar-refractivity contribution in [3.05, 3.63) is 60.2 Å². The standard InChI is InChI=1S/C24H34N2O3/c1-3-5-16-26(17-6-4-2)18-21(27)19-29-23-15-11-10-14-22(23)24(28)25-20-12-8-7-9-13-20/h7-15,21,27H,3-6,16-19H2,1-2H3,(H,25,28)/p+1/t21-/m1/s1. The lowest BCUT2D eigenvalue weighted by Gasteiger charge is -2.22. The van der Waals surface area contributed by atoms with E-state index in [1.807, 2.05) is 42.5 Å². The number of nitrogens with one attached hydrogen (secondary N) is 2. The number of aliphatic hydroxyl groups is 1. The topological polar surface area (TPSA) is 63.0 Å². The zero-order chi connectivity index (χ0) is 20.9. The Morgan fingerprint density at radius 3 is 2.28 bits per heavy atom. The number of anilines is 1. The third kappa shape index (κ3) is 8.26. The Bertz CT molecular complexity index is 713. The molecule has 0 aromatic heterocycles. The van der Waals surface area contributed by atoms with Crippen LogP contribution in [0.3, 0.4) is 0 Å². The van der Waals surface area contributed by atoms with E-state index in [1.54, 1.807) is 12.1 Å². The van der Waals surface area contributed by atoms with E-state index in [0.717, 1.165) is 44.5 Å². The van der Waals surface area contributed by atoms with Crippen molar-refractivity contribution in [3.8, 4) is 5.75 Å². The Labute approximate surface area is 174 Å². The lowest BCUT2D eigenvalue weighted by molar-refractivity contribution is -0.903. The number of carbonyl (C=O) groups is 1. The number of carbonyl (C=O) groups excluding carboxylic acids is 1. The summed E-state index contributed by atoms with van der Waals surface area (Å²) in [5, 5.41) is 13.4. The molecule has 0 saturated heterocycles. The van der Waals surface area contributed by atoms with Crippen LogP contribution in [0, 0.1) is 0 Å². The van der Waals surface area contributed by atoms with Crippen LogP contribution >= 0.6 is 0 Å². The van der Waals surface area contributed by atoms with Gasteiger partial charge in [-0.1, -0.05) is 57.0 Å². The summed E-state index contributed by atoms with van der Waals surface area (Å²) in [7, 11) is 0. The van der Waals surface area contributed by atoms with Gasteiger partial charge in [0.15, 0.2) is 0 Å². The Morgan fingerprint density at radius 1 is 1.00 bits per heavy atom. The number of hydrogen-bond acceptors (Lipinski definition) is 3. The molecular weight excluding hydrogens is 364 g/mol. The minimum Gasteiger partial charge on any atom is -0.490 e. The first-order valence-corrected chi connectivity index (χ1v) is 10.7. The number of unbranched alkanes of at least 4 members (excludes halogenated alkanes) is 2. The fraction of sp³-hybridized carbons (Fsp3) is 0.458. The minimum atomic E-state index is -0.566. The van der Waals surface area contributed by atoms with E-state index in [4.69, 9.17) is 4.74 Å². The van der Waals surface area contributed by atoms with Gasteiger partial charge in [-0.3, -0.25) is 4.79 Å². The van der Waals surface area contributed by atoms with E-state index in [1.165, 1.54) is 4.90 Å². The molecule has 2 aromatic rings. The molecule has 0 saturated carbocycles. The second-order valence-corrected chi connectivity index (χ2v) is 7.44. The molecule has 0 aliphatic carbocycles. The highest BCUT2D eigenvalue weighted by molar-refractivity contribution is 6.06. The molecule has 2 rings (SSSR count). The van der Waals surface area contributed by atoms with Crippen LogP contribution in [0.1, 0.15) is 49.9 Å². The van der Waals surface area contributed by atoms with E-state index in [9.17, 15) is 9.90 Å². The van der Waals surface area contributed by atoms with E-state index in [0.29, 0.717) is 17.9 Å². The van der Waals surface area contributed by atoms with E-state index in [-0.39, 0.29) is 12.5 Å². The van der Waals surface area contributed by atoms with Crippen molar-refractivity contribution in [3.63, 3.8) is 0 Å². The van der Waals surface area contributed by atoms with Crippen molar-refractivity contribution in [1.82, 2.24) is 0 Å². The molecule has 3 N–H and O–H groups in total. The van der Waals surface area contributed by atoms with Gasteiger partial charge in [0.2, 0.25) is 0 Å². The molecule has 5 nitrogen and oxygen atoms in total. The van der Waals surface area contributed by atoms with Gasteiger partial charge in [0.1, 0.15) is 25.0 Å². The van der Waals surface area contributed by atoms with Gasteiger partial charge in [0.25, 0.3) is 5.91 Å². The van der Waals surface area contributed by atoms with Crippen LogP contribution in [0.2, 0.25) is 0 Å². The third-order valence-corrected chi connectivity index (χ3v) is 4.89.